The Balaban J connectivity index is 2.57. The molecule has 0 fully saturated rings. The van der Waals surface area contributed by atoms with Crippen LogP contribution in [0.4, 0.5) is 5.69 Å². The van der Waals surface area contributed by atoms with Crippen molar-refractivity contribution in [2.24, 2.45) is 7.05 Å². The highest BCUT2D eigenvalue weighted by atomic mass is 16.1. The molecule has 2 rings (SSSR count). The molecule has 0 aliphatic heterocycles. The van der Waals surface area contributed by atoms with E-state index in [-0.39, 0.29) is 11.2 Å². The fourth-order valence-electron chi connectivity index (χ4n) is 1.50. The molecule has 0 radical (unpaired) electrons. The Morgan fingerprint density at radius 3 is 2.44 bits per heavy atom. The normalized spacial score (nSPS) is 10.4. The number of hydrogen-bond donors (Lipinski definition) is 1. The van der Waals surface area contributed by atoms with Crippen LogP contribution in [0.5, 0.6) is 0 Å². The van der Waals surface area contributed by atoms with E-state index in [1.807, 2.05) is 31.2 Å². The Hall–Kier alpha value is -2.10. The van der Waals surface area contributed by atoms with Crippen LogP contribution in [-0.2, 0) is 7.05 Å². The lowest BCUT2D eigenvalue weighted by atomic mass is 10.1. The summed E-state index contributed by atoms with van der Waals surface area (Å²) in [5, 5.41) is 4.16. The fraction of sp³-hybridized carbons (Fsp3) is 0.167. The molecule has 0 atom stereocenters. The molecule has 0 spiro atoms. The van der Waals surface area contributed by atoms with Gasteiger partial charge in [0.2, 0.25) is 0 Å². The summed E-state index contributed by atoms with van der Waals surface area (Å²) in [6.07, 6.45) is 0. The molecule has 2 aromatic rings. The first kappa shape index (κ1) is 10.4. The van der Waals surface area contributed by atoms with Crippen LogP contribution >= 0.6 is 0 Å². The van der Waals surface area contributed by atoms with Gasteiger partial charge in [0.05, 0.1) is 5.69 Å². The summed E-state index contributed by atoms with van der Waals surface area (Å²) in [7, 11) is 1.59. The largest absolute Gasteiger partial charge is 0.394 e. The second-order valence-corrected chi connectivity index (χ2v) is 3.78. The highest BCUT2D eigenvalue weighted by molar-refractivity contribution is 5.62. The standard InChI is InChI=1S/C12H13N3O/c1-8-3-5-9(6-4-8)11-7-10(13)12(16)15(2)14-11/h3-7H,13H2,1-2H3. The average molecular weight is 215 g/mol. The summed E-state index contributed by atoms with van der Waals surface area (Å²) in [5.41, 5.74) is 8.41. The van der Waals surface area contributed by atoms with Crippen molar-refractivity contribution < 1.29 is 0 Å². The lowest BCUT2D eigenvalue weighted by Gasteiger charge is -2.05. The van der Waals surface area contributed by atoms with Crippen LogP contribution in [0.2, 0.25) is 0 Å². The second-order valence-electron chi connectivity index (χ2n) is 3.78. The minimum absolute atomic E-state index is 0.216. The van der Waals surface area contributed by atoms with Gasteiger partial charge in [-0.25, -0.2) is 4.68 Å². The van der Waals surface area contributed by atoms with Crippen molar-refractivity contribution in [3.8, 4) is 11.3 Å². The molecule has 1 heterocycles. The molecule has 0 bridgehead atoms. The van der Waals surface area contributed by atoms with E-state index in [9.17, 15) is 4.79 Å². The van der Waals surface area contributed by atoms with Gasteiger partial charge in [-0.05, 0) is 13.0 Å². The highest BCUT2D eigenvalue weighted by Gasteiger charge is 2.04. The van der Waals surface area contributed by atoms with Crippen molar-refractivity contribution in [2.75, 3.05) is 5.73 Å². The van der Waals surface area contributed by atoms with Gasteiger partial charge in [-0.2, -0.15) is 5.10 Å². The quantitative estimate of drug-likeness (QED) is 0.780. The predicted molar refractivity (Wildman–Crippen MR) is 64.1 cm³/mol. The van der Waals surface area contributed by atoms with E-state index in [1.54, 1.807) is 13.1 Å². The molecule has 0 aliphatic rings. The molecule has 0 saturated carbocycles. The molecule has 16 heavy (non-hydrogen) atoms. The van der Waals surface area contributed by atoms with Crippen LogP contribution in [0.1, 0.15) is 5.56 Å². The molecule has 1 aromatic carbocycles. The predicted octanol–water partition coefficient (Wildman–Crippen LogP) is 1.34. The van der Waals surface area contributed by atoms with E-state index < -0.39 is 0 Å². The fourth-order valence-corrected chi connectivity index (χ4v) is 1.50. The second kappa shape index (κ2) is 3.81. The number of nitrogen functional groups attached to an aromatic ring is 1. The van der Waals surface area contributed by atoms with Crippen LogP contribution in [0.3, 0.4) is 0 Å². The number of nitrogens with two attached hydrogens (primary N) is 1. The Labute approximate surface area is 93.3 Å². The maximum Gasteiger partial charge on any atom is 0.289 e. The molecule has 1 aromatic heterocycles. The topological polar surface area (TPSA) is 60.9 Å². The van der Waals surface area contributed by atoms with Crippen LogP contribution in [-0.4, -0.2) is 9.78 Å². The van der Waals surface area contributed by atoms with Crippen LogP contribution in [0, 0.1) is 6.92 Å². The van der Waals surface area contributed by atoms with Gasteiger partial charge in [-0.3, -0.25) is 4.79 Å². The molecule has 2 N–H and O–H groups in total. The van der Waals surface area contributed by atoms with Crippen molar-refractivity contribution in [3.05, 3.63) is 46.2 Å². The van der Waals surface area contributed by atoms with Crippen LogP contribution in [0.25, 0.3) is 11.3 Å². The van der Waals surface area contributed by atoms with Gasteiger partial charge in [-0.15, -0.1) is 0 Å². The summed E-state index contributed by atoms with van der Waals surface area (Å²) in [4.78, 5) is 11.4. The van der Waals surface area contributed by atoms with E-state index in [0.717, 1.165) is 5.56 Å². The Bertz CT molecular complexity index is 544. The Morgan fingerprint density at radius 1 is 1.25 bits per heavy atom. The van der Waals surface area contributed by atoms with Crippen molar-refractivity contribution in [1.29, 1.82) is 0 Å². The molecular formula is C12H13N3O. The summed E-state index contributed by atoms with van der Waals surface area (Å²) in [6.45, 7) is 2.02. The molecule has 0 amide bonds. The van der Waals surface area contributed by atoms with Crippen molar-refractivity contribution in [3.63, 3.8) is 0 Å². The van der Waals surface area contributed by atoms with E-state index in [4.69, 9.17) is 5.73 Å². The Morgan fingerprint density at radius 2 is 1.88 bits per heavy atom. The molecule has 0 saturated heterocycles. The summed E-state index contributed by atoms with van der Waals surface area (Å²) in [5.74, 6) is 0. The van der Waals surface area contributed by atoms with Crippen molar-refractivity contribution >= 4 is 5.69 Å². The van der Waals surface area contributed by atoms with Gasteiger partial charge in [0.25, 0.3) is 5.56 Å². The maximum atomic E-state index is 11.4. The Kier molecular flexibility index (Phi) is 2.48. The number of benzene rings is 1. The monoisotopic (exact) mass is 215 g/mol. The number of aryl methyl sites for hydroxylation is 2. The lowest BCUT2D eigenvalue weighted by molar-refractivity contribution is 0.715. The van der Waals surface area contributed by atoms with Gasteiger partial charge in [0.1, 0.15) is 5.69 Å². The lowest BCUT2D eigenvalue weighted by Crippen LogP contribution is -2.22. The third-order valence-electron chi connectivity index (χ3n) is 2.44. The van der Waals surface area contributed by atoms with E-state index >= 15 is 0 Å². The summed E-state index contributed by atoms with van der Waals surface area (Å²) < 4.78 is 1.25. The third kappa shape index (κ3) is 1.82. The molecule has 4 heteroatoms. The zero-order valence-electron chi connectivity index (χ0n) is 9.27. The number of nitrogens with zero attached hydrogens (tertiary/aromatic N) is 2. The van der Waals surface area contributed by atoms with E-state index in [1.165, 1.54) is 10.2 Å². The van der Waals surface area contributed by atoms with Gasteiger partial charge in [0.15, 0.2) is 0 Å². The summed E-state index contributed by atoms with van der Waals surface area (Å²) >= 11 is 0. The molecule has 0 aliphatic carbocycles. The van der Waals surface area contributed by atoms with Gasteiger partial charge < -0.3 is 5.73 Å². The van der Waals surface area contributed by atoms with E-state index in [2.05, 4.69) is 5.10 Å². The molecular weight excluding hydrogens is 202 g/mol. The number of anilines is 1. The third-order valence-corrected chi connectivity index (χ3v) is 2.44. The maximum absolute atomic E-state index is 11.4. The van der Waals surface area contributed by atoms with Gasteiger partial charge in [-0.1, -0.05) is 29.8 Å². The smallest absolute Gasteiger partial charge is 0.289 e. The van der Waals surface area contributed by atoms with Gasteiger partial charge in [0, 0.05) is 12.6 Å². The first-order valence-corrected chi connectivity index (χ1v) is 4.99. The van der Waals surface area contributed by atoms with Crippen LogP contribution in [0.15, 0.2) is 35.1 Å². The van der Waals surface area contributed by atoms with Crippen molar-refractivity contribution in [2.45, 2.75) is 6.92 Å². The highest BCUT2D eigenvalue weighted by Crippen LogP contribution is 2.17. The minimum Gasteiger partial charge on any atom is -0.394 e. The number of rotatable bonds is 1. The first-order valence-electron chi connectivity index (χ1n) is 4.99. The SMILES string of the molecule is Cc1ccc(-c2cc(N)c(=O)n(C)n2)cc1. The first-order chi connectivity index (χ1) is 7.58. The molecule has 4 nitrogen and oxygen atoms in total. The van der Waals surface area contributed by atoms with E-state index in [0.29, 0.717) is 5.69 Å². The summed E-state index contributed by atoms with van der Waals surface area (Å²) in [6, 6.07) is 9.52. The van der Waals surface area contributed by atoms with Gasteiger partial charge >= 0.3 is 0 Å². The zero-order chi connectivity index (χ0) is 11.7. The molecule has 0 unspecified atom stereocenters. The van der Waals surface area contributed by atoms with Crippen LogP contribution < -0.4 is 11.3 Å². The van der Waals surface area contributed by atoms with Crippen molar-refractivity contribution in [1.82, 2.24) is 9.78 Å². The average Bonchev–Trinajstić information content (AvgIpc) is 2.26. The molecule has 82 valence electrons. The number of aromatic nitrogens is 2. The number of hydrogen-bond acceptors (Lipinski definition) is 3. The zero-order valence-corrected chi connectivity index (χ0v) is 9.27. The minimum atomic E-state index is -0.268.